The van der Waals surface area contributed by atoms with E-state index in [1.165, 1.54) is 0 Å². The third kappa shape index (κ3) is 4.66. The first-order valence-electron chi connectivity index (χ1n) is 10.2. The molecule has 2 aromatic carbocycles. The topological polar surface area (TPSA) is 83.6 Å². The van der Waals surface area contributed by atoms with Gasteiger partial charge in [-0.15, -0.1) is 0 Å². The average molecular weight is 452 g/mol. The minimum atomic E-state index is -0.254. The summed E-state index contributed by atoms with van der Waals surface area (Å²) in [5, 5.41) is 3.38. The first-order chi connectivity index (χ1) is 16.2. The van der Waals surface area contributed by atoms with E-state index < -0.39 is 0 Å². The summed E-state index contributed by atoms with van der Waals surface area (Å²) in [5.74, 6) is 0.421. The summed E-state index contributed by atoms with van der Waals surface area (Å²) in [6.45, 7) is 0. The van der Waals surface area contributed by atoms with E-state index in [4.69, 9.17) is 11.6 Å². The van der Waals surface area contributed by atoms with Crippen LogP contribution in [0.3, 0.4) is 0 Å². The third-order valence-corrected chi connectivity index (χ3v) is 5.31. The molecule has 0 fully saturated rings. The second-order valence-corrected chi connectivity index (χ2v) is 7.80. The van der Waals surface area contributed by atoms with Crippen LogP contribution in [0.5, 0.6) is 0 Å². The molecule has 0 saturated heterocycles. The van der Waals surface area contributed by atoms with Gasteiger partial charge in [0.25, 0.3) is 5.91 Å². The van der Waals surface area contributed by atoms with Crippen LogP contribution in [0, 0.1) is 0 Å². The first-order valence-corrected chi connectivity index (χ1v) is 10.6. The molecule has 0 spiro atoms. The number of rotatable bonds is 5. The van der Waals surface area contributed by atoms with Crippen LogP contribution in [0.25, 0.3) is 33.9 Å². The SMILES string of the molecule is O=C(Nc1cncc(-c2ccnc(-c3ncc(-c4ccccc4)[nH]3)c2)c1)c1cccc(Cl)c1. The zero-order chi connectivity index (χ0) is 22.6. The van der Waals surface area contributed by atoms with E-state index in [1.807, 2.05) is 48.5 Å². The lowest BCUT2D eigenvalue weighted by atomic mass is 10.1. The van der Waals surface area contributed by atoms with Crippen molar-refractivity contribution < 1.29 is 4.79 Å². The summed E-state index contributed by atoms with van der Waals surface area (Å²) in [4.78, 5) is 29.1. The molecule has 1 amide bonds. The molecule has 2 N–H and O–H groups in total. The highest BCUT2D eigenvalue weighted by Crippen LogP contribution is 2.26. The number of amides is 1. The molecule has 0 atom stereocenters. The third-order valence-electron chi connectivity index (χ3n) is 5.08. The lowest BCUT2D eigenvalue weighted by Gasteiger charge is -2.08. The largest absolute Gasteiger partial charge is 0.337 e. The molecular formula is C26H18ClN5O. The lowest BCUT2D eigenvalue weighted by Crippen LogP contribution is -2.12. The minimum Gasteiger partial charge on any atom is -0.337 e. The predicted molar refractivity (Wildman–Crippen MR) is 130 cm³/mol. The Morgan fingerprint density at radius 2 is 1.70 bits per heavy atom. The van der Waals surface area contributed by atoms with Crippen molar-refractivity contribution >= 4 is 23.2 Å². The highest BCUT2D eigenvalue weighted by atomic mass is 35.5. The number of aromatic amines is 1. The Hall–Kier alpha value is -4.29. The number of hydrogen-bond acceptors (Lipinski definition) is 4. The number of anilines is 1. The zero-order valence-electron chi connectivity index (χ0n) is 17.4. The Morgan fingerprint density at radius 3 is 2.55 bits per heavy atom. The van der Waals surface area contributed by atoms with Crippen LogP contribution >= 0.6 is 11.6 Å². The van der Waals surface area contributed by atoms with Crippen LogP contribution in [0.4, 0.5) is 5.69 Å². The van der Waals surface area contributed by atoms with Gasteiger partial charge in [0.05, 0.1) is 23.8 Å². The van der Waals surface area contributed by atoms with Crippen molar-refractivity contribution in [3.05, 3.63) is 108 Å². The fourth-order valence-corrected chi connectivity index (χ4v) is 3.64. The lowest BCUT2D eigenvalue weighted by molar-refractivity contribution is 0.102. The molecule has 0 aliphatic heterocycles. The Morgan fingerprint density at radius 1 is 0.818 bits per heavy atom. The molecule has 0 bridgehead atoms. The van der Waals surface area contributed by atoms with Crippen molar-refractivity contribution in [1.29, 1.82) is 0 Å². The van der Waals surface area contributed by atoms with Gasteiger partial charge in [-0.1, -0.05) is 48.0 Å². The summed E-state index contributed by atoms with van der Waals surface area (Å²) < 4.78 is 0. The van der Waals surface area contributed by atoms with Gasteiger partial charge in [-0.3, -0.25) is 14.8 Å². The fourth-order valence-electron chi connectivity index (χ4n) is 3.45. The number of benzene rings is 2. The molecule has 3 heterocycles. The van der Waals surface area contributed by atoms with Crippen LogP contribution in [0.2, 0.25) is 5.02 Å². The molecule has 6 nitrogen and oxygen atoms in total. The molecule has 0 unspecified atom stereocenters. The number of nitrogens with one attached hydrogen (secondary N) is 2. The highest BCUT2D eigenvalue weighted by Gasteiger charge is 2.10. The maximum absolute atomic E-state index is 12.6. The van der Waals surface area contributed by atoms with Crippen molar-refractivity contribution in [2.45, 2.75) is 0 Å². The van der Waals surface area contributed by atoms with Gasteiger partial charge in [0.2, 0.25) is 0 Å². The first kappa shape index (κ1) is 20.6. The van der Waals surface area contributed by atoms with Crippen LogP contribution < -0.4 is 5.32 Å². The van der Waals surface area contributed by atoms with E-state index in [0.29, 0.717) is 27.8 Å². The number of carbonyl (C=O) groups is 1. The number of imidazole rings is 1. The smallest absolute Gasteiger partial charge is 0.255 e. The number of hydrogen-bond donors (Lipinski definition) is 2. The number of carbonyl (C=O) groups excluding carboxylic acids is 1. The van der Waals surface area contributed by atoms with Crippen LogP contribution in [-0.4, -0.2) is 25.8 Å². The summed E-state index contributed by atoms with van der Waals surface area (Å²) in [5.41, 5.74) is 5.50. The molecule has 3 aromatic heterocycles. The molecule has 33 heavy (non-hydrogen) atoms. The van der Waals surface area contributed by atoms with Crippen molar-refractivity contribution in [3.63, 3.8) is 0 Å². The Bertz CT molecular complexity index is 1430. The van der Waals surface area contributed by atoms with Crippen LogP contribution in [0.15, 0.2) is 97.6 Å². The maximum atomic E-state index is 12.6. The molecule has 5 rings (SSSR count). The maximum Gasteiger partial charge on any atom is 0.255 e. The Labute approximate surface area is 195 Å². The molecule has 0 aliphatic carbocycles. The fraction of sp³-hybridized carbons (Fsp3) is 0. The summed E-state index contributed by atoms with van der Waals surface area (Å²) in [7, 11) is 0. The van der Waals surface area contributed by atoms with Gasteiger partial charge in [-0.2, -0.15) is 0 Å². The Balaban J connectivity index is 1.39. The average Bonchev–Trinajstić information content (AvgIpc) is 3.35. The zero-order valence-corrected chi connectivity index (χ0v) is 18.1. The molecule has 0 saturated carbocycles. The number of pyridine rings is 2. The summed E-state index contributed by atoms with van der Waals surface area (Å²) in [6, 6.07) is 22.5. The summed E-state index contributed by atoms with van der Waals surface area (Å²) >= 11 is 5.99. The number of aromatic nitrogens is 4. The van der Waals surface area contributed by atoms with Gasteiger partial charge >= 0.3 is 0 Å². The van der Waals surface area contributed by atoms with Crippen molar-refractivity contribution in [1.82, 2.24) is 19.9 Å². The van der Waals surface area contributed by atoms with Crippen molar-refractivity contribution in [2.24, 2.45) is 0 Å². The van der Waals surface area contributed by atoms with Gasteiger partial charge < -0.3 is 10.3 Å². The van der Waals surface area contributed by atoms with Crippen LogP contribution in [-0.2, 0) is 0 Å². The monoisotopic (exact) mass is 451 g/mol. The quantitative estimate of drug-likeness (QED) is 0.338. The van der Waals surface area contributed by atoms with Crippen molar-refractivity contribution in [3.8, 4) is 33.9 Å². The molecule has 160 valence electrons. The van der Waals surface area contributed by atoms with Gasteiger partial charge in [0, 0.05) is 28.5 Å². The number of nitrogens with zero attached hydrogens (tertiary/aromatic N) is 3. The van der Waals surface area contributed by atoms with E-state index in [0.717, 1.165) is 22.4 Å². The molecule has 0 aliphatic rings. The second kappa shape index (κ2) is 9.06. The van der Waals surface area contributed by atoms with Gasteiger partial charge in [-0.25, -0.2) is 4.98 Å². The van der Waals surface area contributed by atoms with E-state index in [-0.39, 0.29) is 5.91 Å². The molecular weight excluding hydrogens is 434 g/mol. The number of halogens is 1. The highest BCUT2D eigenvalue weighted by molar-refractivity contribution is 6.31. The van der Waals surface area contributed by atoms with E-state index >= 15 is 0 Å². The van der Waals surface area contributed by atoms with Gasteiger partial charge in [0.1, 0.15) is 5.69 Å². The molecule has 7 heteroatoms. The standard InChI is InChI=1S/C26H18ClN5O/c27-21-8-4-7-19(11-21)26(33)31-22-12-20(14-28-15-22)18-9-10-29-23(13-18)25-30-16-24(32-25)17-5-2-1-3-6-17/h1-16H,(H,30,32)(H,31,33). The predicted octanol–water partition coefficient (Wildman–Crippen LogP) is 6.11. The minimum absolute atomic E-state index is 0.254. The van der Waals surface area contributed by atoms with Crippen LogP contribution in [0.1, 0.15) is 10.4 Å². The molecule has 0 radical (unpaired) electrons. The summed E-state index contributed by atoms with van der Waals surface area (Å²) in [6.07, 6.45) is 6.87. The van der Waals surface area contributed by atoms with E-state index in [9.17, 15) is 4.79 Å². The van der Waals surface area contributed by atoms with E-state index in [2.05, 4.69) is 25.3 Å². The second-order valence-electron chi connectivity index (χ2n) is 7.37. The van der Waals surface area contributed by atoms with Crippen molar-refractivity contribution in [2.75, 3.05) is 5.32 Å². The normalized spacial score (nSPS) is 10.7. The number of H-pyrrole nitrogens is 1. The van der Waals surface area contributed by atoms with E-state index in [1.54, 1.807) is 49.1 Å². The molecule has 5 aromatic rings. The van der Waals surface area contributed by atoms with Gasteiger partial charge in [-0.05, 0) is 47.5 Å². The Kier molecular flexibility index (Phi) is 5.66. The van der Waals surface area contributed by atoms with Gasteiger partial charge in [0.15, 0.2) is 5.82 Å².